The number of unbranched alkanes of at least 4 members (excludes halogenated alkanes) is 3. The van der Waals surface area contributed by atoms with Crippen molar-refractivity contribution in [1.82, 2.24) is 14.6 Å². The van der Waals surface area contributed by atoms with E-state index in [1.807, 2.05) is 53.2 Å². The van der Waals surface area contributed by atoms with Gasteiger partial charge in [0.05, 0.1) is 12.3 Å². The second kappa shape index (κ2) is 14.3. The van der Waals surface area contributed by atoms with Crippen molar-refractivity contribution in [1.29, 1.82) is 0 Å². The summed E-state index contributed by atoms with van der Waals surface area (Å²) in [4.78, 5) is 4.61. The molecule has 0 amide bonds. The number of hydrogen-bond donors (Lipinski definition) is 2. The topological polar surface area (TPSA) is 63.5 Å². The Bertz CT molecular complexity index is 1140. The van der Waals surface area contributed by atoms with Gasteiger partial charge in [-0.25, -0.2) is 4.52 Å². The summed E-state index contributed by atoms with van der Waals surface area (Å²) in [7, 11) is 0. The molecule has 7 heteroatoms. The lowest BCUT2D eigenvalue weighted by Crippen LogP contribution is -1.97. The molecule has 4 rings (SSSR count). The maximum atomic E-state index is 5.63. The Morgan fingerprint density at radius 2 is 1.51 bits per heavy atom. The first kappa shape index (κ1) is 26.4. The van der Waals surface area contributed by atoms with Gasteiger partial charge in [-0.1, -0.05) is 76.6 Å². The summed E-state index contributed by atoms with van der Waals surface area (Å²) >= 11 is 1.57. The first-order valence-electron chi connectivity index (χ1n) is 12.4. The SMILES string of the molecule is CCCCCC.CCCOc1ccc(Nc2nc3cccc(-c4ccc(NSC)cc4)n3n2)cc1. The number of pyridine rings is 1. The van der Waals surface area contributed by atoms with Gasteiger partial charge in [-0.15, -0.1) is 5.10 Å². The van der Waals surface area contributed by atoms with Crippen molar-refractivity contribution in [3.63, 3.8) is 0 Å². The molecule has 6 nitrogen and oxygen atoms in total. The summed E-state index contributed by atoms with van der Waals surface area (Å²) in [5.41, 5.74) is 4.84. The van der Waals surface area contributed by atoms with E-state index in [0.29, 0.717) is 5.95 Å². The van der Waals surface area contributed by atoms with Crippen LogP contribution in [0.3, 0.4) is 0 Å². The van der Waals surface area contributed by atoms with E-state index in [4.69, 9.17) is 4.74 Å². The van der Waals surface area contributed by atoms with E-state index in [0.717, 1.165) is 47.1 Å². The van der Waals surface area contributed by atoms with Crippen LogP contribution in [0.2, 0.25) is 0 Å². The lowest BCUT2D eigenvalue weighted by molar-refractivity contribution is 0.317. The van der Waals surface area contributed by atoms with Gasteiger partial charge in [0, 0.05) is 23.2 Å². The molecule has 0 spiro atoms. The maximum absolute atomic E-state index is 5.63. The Morgan fingerprint density at radius 3 is 2.14 bits per heavy atom. The van der Waals surface area contributed by atoms with E-state index >= 15 is 0 Å². The van der Waals surface area contributed by atoms with Crippen molar-refractivity contribution in [2.75, 3.05) is 22.9 Å². The molecule has 2 N–H and O–H groups in total. The van der Waals surface area contributed by atoms with Crippen molar-refractivity contribution in [2.24, 2.45) is 0 Å². The van der Waals surface area contributed by atoms with Crippen LogP contribution in [-0.2, 0) is 0 Å². The zero-order chi connectivity index (χ0) is 24.9. The summed E-state index contributed by atoms with van der Waals surface area (Å²) in [6, 6.07) is 22.1. The van der Waals surface area contributed by atoms with Gasteiger partial charge in [-0.3, -0.25) is 0 Å². The predicted octanol–water partition coefficient (Wildman–Crippen LogP) is 8.21. The summed E-state index contributed by atoms with van der Waals surface area (Å²) < 4.78 is 10.7. The molecule has 0 radical (unpaired) electrons. The molecule has 0 aliphatic heterocycles. The van der Waals surface area contributed by atoms with Gasteiger partial charge in [-0.2, -0.15) is 4.98 Å². The molecule has 0 unspecified atom stereocenters. The van der Waals surface area contributed by atoms with Crippen LogP contribution in [0, 0.1) is 0 Å². The third kappa shape index (κ3) is 7.92. The van der Waals surface area contributed by atoms with Crippen LogP contribution < -0.4 is 14.8 Å². The van der Waals surface area contributed by atoms with Gasteiger partial charge in [0.2, 0.25) is 5.95 Å². The molecular formula is C28H37N5OS. The molecule has 0 saturated heterocycles. The highest BCUT2D eigenvalue weighted by Gasteiger charge is 2.09. The van der Waals surface area contributed by atoms with E-state index in [9.17, 15) is 0 Å². The third-order valence-corrected chi connectivity index (χ3v) is 5.74. The van der Waals surface area contributed by atoms with Crippen molar-refractivity contribution in [3.05, 3.63) is 66.7 Å². The average molecular weight is 492 g/mol. The van der Waals surface area contributed by atoms with Gasteiger partial charge < -0.3 is 14.8 Å². The number of benzene rings is 2. The molecular weight excluding hydrogens is 454 g/mol. The van der Waals surface area contributed by atoms with Crippen LogP contribution in [-0.4, -0.2) is 27.5 Å². The van der Waals surface area contributed by atoms with E-state index < -0.39 is 0 Å². The molecule has 0 aliphatic carbocycles. The third-order valence-electron chi connectivity index (χ3n) is 5.30. The summed E-state index contributed by atoms with van der Waals surface area (Å²) in [5, 5.41) is 7.93. The molecule has 4 aromatic rings. The van der Waals surface area contributed by atoms with Crippen molar-refractivity contribution < 1.29 is 4.74 Å². The number of aromatic nitrogens is 3. The number of nitrogens with one attached hydrogen (secondary N) is 2. The number of anilines is 3. The minimum absolute atomic E-state index is 0.556. The van der Waals surface area contributed by atoms with Crippen LogP contribution >= 0.6 is 11.9 Å². The fourth-order valence-electron chi connectivity index (χ4n) is 3.49. The van der Waals surface area contributed by atoms with E-state index in [-0.39, 0.29) is 0 Å². The van der Waals surface area contributed by atoms with Crippen LogP contribution in [0.4, 0.5) is 17.3 Å². The quantitative estimate of drug-likeness (QED) is 0.163. The first-order chi connectivity index (χ1) is 17.2. The van der Waals surface area contributed by atoms with Gasteiger partial charge in [0.25, 0.3) is 0 Å². The minimum atomic E-state index is 0.556. The Labute approximate surface area is 213 Å². The molecule has 0 fully saturated rings. The molecule has 0 saturated carbocycles. The van der Waals surface area contributed by atoms with E-state index in [2.05, 4.69) is 65.2 Å². The van der Waals surface area contributed by atoms with E-state index in [1.54, 1.807) is 11.9 Å². The largest absolute Gasteiger partial charge is 0.494 e. The van der Waals surface area contributed by atoms with Gasteiger partial charge in [0.1, 0.15) is 5.75 Å². The minimum Gasteiger partial charge on any atom is -0.494 e. The fraction of sp³-hybridized carbons (Fsp3) is 0.357. The van der Waals surface area contributed by atoms with Crippen molar-refractivity contribution in [3.8, 4) is 17.0 Å². The Balaban J connectivity index is 0.000000509. The monoisotopic (exact) mass is 491 g/mol. The van der Waals surface area contributed by atoms with Gasteiger partial charge in [-0.05, 0) is 55.0 Å². The maximum Gasteiger partial charge on any atom is 0.247 e. The fourth-order valence-corrected chi connectivity index (χ4v) is 3.86. The highest BCUT2D eigenvalue weighted by atomic mass is 32.2. The Kier molecular flexibility index (Phi) is 10.8. The number of nitrogens with zero attached hydrogens (tertiary/aromatic N) is 3. The molecule has 0 bridgehead atoms. The smallest absolute Gasteiger partial charge is 0.247 e. The molecule has 2 aromatic carbocycles. The molecule has 186 valence electrons. The number of hydrogen-bond acceptors (Lipinski definition) is 6. The van der Waals surface area contributed by atoms with Gasteiger partial charge >= 0.3 is 0 Å². The standard InChI is InChI=1S/C22H23N5OS.C6H14/c1-3-15-28-19-13-11-17(12-14-19)23-22-24-21-6-4-5-20(27(21)25-22)16-7-9-18(10-8-16)26-29-2;1-3-5-6-4-2/h4-14,26H,3,15H2,1-2H3,(H,23,25);3-6H2,1-2H3. The van der Waals surface area contributed by atoms with Crippen LogP contribution in [0.1, 0.15) is 52.9 Å². The predicted molar refractivity (Wildman–Crippen MR) is 151 cm³/mol. The molecule has 0 aliphatic rings. The highest BCUT2D eigenvalue weighted by molar-refractivity contribution is 7.99. The zero-order valence-corrected chi connectivity index (χ0v) is 22.1. The highest BCUT2D eigenvalue weighted by Crippen LogP contribution is 2.24. The number of fused-ring (bicyclic) bond motifs is 1. The number of ether oxygens (including phenoxy) is 1. The van der Waals surface area contributed by atoms with Crippen LogP contribution in [0.15, 0.2) is 66.7 Å². The number of rotatable bonds is 11. The molecule has 0 atom stereocenters. The second-order valence-corrected chi connectivity index (χ2v) is 8.82. The van der Waals surface area contributed by atoms with Crippen LogP contribution in [0.5, 0.6) is 5.75 Å². The zero-order valence-electron chi connectivity index (χ0n) is 21.3. The summed E-state index contributed by atoms with van der Waals surface area (Å²) in [6.45, 7) is 7.28. The summed E-state index contributed by atoms with van der Waals surface area (Å²) in [6.07, 6.45) is 8.53. The molecule has 2 heterocycles. The normalized spacial score (nSPS) is 10.5. The Morgan fingerprint density at radius 1 is 0.829 bits per heavy atom. The second-order valence-electron chi connectivity index (χ2n) is 8.20. The van der Waals surface area contributed by atoms with Crippen LogP contribution in [0.25, 0.3) is 16.9 Å². The van der Waals surface area contributed by atoms with Crippen molar-refractivity contribution >= 4 is 34.9 Å². The lowest BCUT2D eigenvalue weighted by Gasteiger charge is -2.07. The first-order valence-corrected chi connectivity index (χ1v) is 13.7. The molecule has 35 heavy (non-hydrogen) atoms. The summed E-state index contributed by atoms with van der Waals surface area (Å²) in [5.74, 6) is 1.42. The van der Waals surface area contributed by atoms with Crippen molar-refractivity contribution in [2.45, 2.75) is 52.9 Å². The Hall–Kier alpha value is -3.19. The van der Waals surface area contributed by atoms with Gasteiger partial charge in [0.15, 0.2) is 5.65 Å². The molecule has 2 aromatic heterocycles. The van der Waals surface area contributed by atoms with E-state index in [1.165, 1.54) is 25.7 Å². The lowest BCUT2D eigenvalue weighted by atomic mass is 10.1. The average Bonchev–Trinajstić information content (AvgIpc) is 3.31.